The molecule has 1 saturated carbocycles. The fraction of sp³-hybridized carbons (Fsp3) is 0.810. The Morgan fingerprint density at radius 1 is 1.04 bits per heavy atom. The largest absolute Gasteiger partial charge is 0.352 e. The molecule has 0 spiro atoms. The normalized spacial score (nSPS) is 38.2. The van der Waals surface area contributed by atoms with Gasteiger partial charge in [-0.15, -0.1) is 0 Å². The molecule has 1 unspecified atom stereocenters. The fourth-order valence-electron chi connectivity index (χ4n) is 4.59. The van der Waals surface area contributed by atoms with E-state index in [-0.39, 0.29) is 12.1 Å². The number of halogens is 1. The molecule has 0 aromatic heterocycles. The van der Waals surface area contributed by atoms with Crippen molar-refractivity contribution in [3.63, 3.8) is 0 Å². The molecule has 2 nitrogen and oxygen atoms in total. The number of hydrogen-bond donors (Lipinski definition) is 0. The molecule has 0 amide bonds. The summed E-state index contributed by atoms with van der Waals surface area (Å²) >= 11 is 0. The van der Waals surface area contributed by atoms with E-state index in [1.165, 1.54) is 38.5 Å². The van der Waals surface area contributed by atoms with Crippen molar-refractivity contribution in [3.05, 3.63) is 24.1 Å². The highest BCUT2D eigenvalue weighted by atomic mass is 19.1. The van der Waals surface area contributed by atoms with Crippen molar-refractivity contribution in [2.75, 3.05) is 13.2 Å². The molecule has 1 saturated heterocycles. The zero-order valence-corrected chi connectivity index (χ0v) is 15.1. The van der Waals surface area contributed by atoms with Gasteiger partial charge < -0.3 is 9.47 Å². The summed E-state index contributed by atoms with van der Waals surface area (Å²) in [4.78, 5) is 0. The van der Waals surface area contributed by atoms with Gasteiger partial charge in [0.1, 0.15) is 0 Å². The Bertz CT molecular complexity index is 429. The molecule has 1 atom stereocenters. The molecule has 0 radical (unpaired) electrons. The van der Waals surface area contributed by atoms with Crippen molar-refractivity contribution in [3.8, 4) is 0 Å². The molecule has 3 rings (SSSR count). The van der Waals surface area contributed by atoms with E-state index in [1.807, 2.05) is 0 Å². The minimum Gasteiger partial charge on any atom is -0.352 e. The van der Waals surface area contributed by atoms with Crippen LogP contribution in [0.3, 0.4) is 0 Å². The van der Waals surface area contributed by atoms with Crippen molar-refractivity contribution in [1.29, 1.82) is 0 Å². The van der Waals surface area contributed by atoms with Crippen molar-refractivity contribution in [2.24, 2.45) is 23.7 Å². The summed E-state index contributed by atoms with van der Waals surface area (Å²) in [6.07, 6.45) is 16.2. The van der Waals surface area contributed by atoms with E-state index in [1.54, 1.807) is 6.08 Å². The van der Waals surface area contributed by atoms with Crippen LogP contribution in [-0.4, -0.2) is 19.5 Å². The molecular weight excluding hydrogens is 303 g/mol. The Morgan fingerprint density at radius 2 is 1.79 bits per heavy atom. The lowest BCUT2D eigenvalue weighted by atomic mass is 9.75. The third-order valence-electron chi connectivity index (χ3n) is 6.27. The van der Waals surface area contributed by atoms with Gasteiger partial charge in [-0.05, 0) is 63.7 Å². The molecule has 1 heterocycles. The number of ether oxygens (including phenoxy) is 2. The first kappa shape index (κ1) is 18.1. The molecular formula is C21H33FO2. The van der Waals surface area contributed by atoms with Crippen molar-refractivity contribution >= 4 is 0 Å². The van der Waals surface area contributed by atoms with Gasteiger partial charge in [0, 0.05) is 11.8 Å². The van der Waals surface area contributed by atoms with Gasteiger partial charge in [-0.3, -0.25) is 0 Å². The van der Waals surface area contributed by atoms with E-state index in [2.05, 4.69) is 19.1 Å². The van der Waals surface area contributed by atoms with Crippen LogP contribution < -0.4 is 0 Å². The molecule has 24 heavy (non-hydrogen) atoms. The maximum absolute atomic E-state index is 13.1. The third kappa shape index (κ3) is 4.92. The van der Waals surface area contributed by atoms with Crippen molar-refractivity contribution < 1.29 is 13.9 Å². The summed E-state index contributed by atoms with van der Waals surface area (Å²) in [5.74, 6) is 2.62. The maximum Gasteiger partial charge on any atom is 0.160 e. The van der Waals surface area contributed by atoms with Gasteiger partial charge in [-0.2, -0.15) is 0 Å². The smallest absolute Gasteiger partial charge is 0.160 e. The van der Waals surface area contributed by atoms with Crippen LogP contribution in [0.15, 0.2) is 24.1 Å². The predicted molar refractivity (Wildman–Crippen MR) is 95.2 cm³/mol. The van der Waals surface area contributed by atoms with Crippen LogP contribution in [0.2, 0.25) is 0 Å². The Balaban J connectivity index is 1.37. The van der Waals surface area contributed by atoms with E-state index in [0.717, 1.165) is 37.9 Å². The number of hydrogen-bond acceptors (Lipinski definition) is 2. The van der Waals surface area contributed by atoms with Crippen LogP contribution in [0.5, 0.6) is 0 Å². The monoisotopic (exact) mass is 336 g/mol. The second-order valence-corrected chi connectivity index (χ2v) is 7.91. The zero-order valence-electron chi connectivity index (χ0n) is 15.1. The van der Waals surface area contributed by atoms with Crippen LogP contribution in [0.1, 0.15) is 64.7 Å². The highest BCUT2D eigenvalue weighted by Gasteiger charge is 2.34. The molecule has 1 aliphatic heterocycles. The predicted octanol–water partition coefficient (Wildman–Crippen LogP) is 5.79. The van der Waals surface area contributed by atoms with Gasteiger partial charge in [-0.25, -0.2) is 4.39 Å². The minimum absolute atomic E-state index is 0.0334. The zero-order chi connectivity index (χ0) is 16.8. The van der Waals surface area contributed by atoms with E-state index in [0.29, 0.717) is 18.3 Å². The van der Waals surface area contributed by atoms with Crippen LogP contribution in [0, 0.1) is 23.7 Å². The first-order valence-electron chi connectivity index (χ1n) is 9.95. The van der Waals surface area contributed by atoms with Gasteiger partial charge >= 0.3 is 0 Å². The highest BCUT2D eigenvalue weighted by molar-refractivity contribution is 4.98. The average Bonchev–Trinajstić information content (AvgIpc) is 2.63. The first-order chi connectivity index (χ1) is 11.8. The maximum atomic E-state index is 13.1. The lowest BCUT2D eigenvalue weighted by Crippen LogP contribution is -2.40. The highest BCUT2D eigenvalue weighted by Crippen LogP contribution is 2.38. The summed E-state index contributed by atoms with van der Waals surface area (Å²) < 4.78 is 25.2. The van der Waals surface area contributed by atoms with E-state index >= 15 is 0 Å². The molecule has 2 fully saturated rings. The molecule has 0 aromatic rings. The van der Waals surface area contributed by atoms with Gasteiger partial charge in [0.15, 0.2) is 6.29 Å². The Kier molecular flexibility index (Phi) is 6.91. The van der Waals surface area contributed by atoms with Crippen LogP contribution in [0.4, 0.5) is 4.39 Å². The second-order valence-electron chi connectivity index (χ2n) is 7.91. The number of rotatable bonds is 5. The molecule has 0 bridgehead atoms. The lowest BCUT2D eigenvalue weighted by Gasteiger charge is -2.40. The Hall–Kier alpha value is -0.670. The SMILES string of the molecule is C/C=C/CCC1CCC(C2COC(C3CC=C(F)CC3)OC2)CC1. The Labute approximate surface area is 146 Å². The van der Waals surface area contributed by atoms with Crippen molar-refractivity contribution in [2.45, 2.75) is 71.0 Å². The summed E-state index contributed by atoms with van der Waals surface area (Å²) in [7, 11) is 0. The van der Waals surface area contributed by atoms with Crippen LogP contribution in [-0.2, 0) is 9.47 Å². The Morgan fingerprint density at radius 3 is 2.42 bits per heavy atom. The van der Waals surface area contributed by atoms with E-state index in [4.69, 9.17) is 9.47 Å². The van der Waals surface area contributed by atoms with Gasteiger partial charge in [0.25, 0.3) is 0 Å². The first-order valence-corrected chi connectivity index (χ1v) is 9.95. The molecule has 136 valence electrons. The van der Waals surface area contributed by atoms with Crippen LogP contribution >= 0.6 is 0 Å². The third-order valence-corrected chi connectivity index (χ3v) is 6.27. The fourth-order valence-corrected chi connectivity index (χ4v) is 4.59. The molecule has 3 heteroatoms. The summed E-state index contributed by atoms with van der Waals surface area (Å²) in [6.45, 7) is 3.77. The standard InChI is InChI=1S/C21H33FO2/c1-2-3-4-5-16-6-8-17(9-7-16)19-14-23-21(24-15-19)18-10-12-20(22)13-11-18/h2-3,12,16-19,21H,4-11,13-15H2,1H3/b3-2+. The quantitative estimate of drug-likeness (QED) is 0.591. The minimum atomic E-state index is -0.109. The molecule has 3 aliphatic rings. The van der Waals surface area contributed by atoms with Gasteiger partial charge in [0.2, 0.25) is 0 Å². The van der Waals surface area contributed by atoms with E-state index in [9.17, 15) is 4.39 Å². The second kappa shape index (κ2) is 9.15. The number of allylic oxidation sites excluding steroid dienone is 4. The summed E-state index contributed by atoms with van der Waals surface area (Å²) in [6, 6.07) is 0. The molecule has 2 aliphatic carbocycles. The van der Waals surface area contributed by atoms with E-state index < -0.39 is 0 Å². The topological polar surface area (TPSA) is 18.5 Å². The van der Waals surface area contributed by atoms with Gasteiger partial charge in [0.05, 0.1) is 19.0 Å². The summed E-state index contributed by atoms with van der Waals surface area (Å²) in [5.41, 5.74) is 0. The van der Waals surface area contributed by atoms with Gasteiger partial charge in [-0.1, -0.05) is 31.1 Å². The van der Waals surface area contributed by atoms with Crippen molar-refractivity contribution in [1.82, 2.24) is 0 Å². The lowest BCUT2D eigenvalue weighted by molar-refractivity contribution is -0.233. The molecule has 0 aromatic carbocycles. The van der Waals surface area contributed by atoms with Crippen LogP contribution in [0.25, 0.3) is 0 Å². The summed E-state index contributed by atoms with van der Waals surface area (Å²) in [5, 5.41) is 0. The molecule has 0 N–H and O–H groups in total. The average molecular weight is 336 g/mol.